The van der Waals surface area contributed by atoms with Crippen LogP contribution in [-0.4, -0.2) is 24.3 Å². The van der Waals surface area contributed by atoms with Gasteiger partial charge in [0.2, 0.25) is 0 Å². The molecule has 1 aromatic rings. The zero-order valence-corrected chi connectivity index (χ0v) is 12.0. The van der Waals surface area contributed by atoms with Crippen LogP contribution in [0.25, 0.3) is 0 Å². The molecule has 102 valence electrons. The average molecular weight is 259 g/mol. The summed E-state index contributed by atoms with van der Waals surface area (Å²) in [5.41, 5.74) is 7.83. The summed E-state index contributed by atoms with van der Waals surface area (Å²) in [7, 11) is 0. The minimum absolute atomic E-state index is 0.239. The van der Waals surface area contributed by atoms with Crippen LogP contribution in [0.4, 0.5) is 11.4 Å². The van der Waals surface area contributed by atoms with Crippen molar-refractivity contribution in [2.45, 2.75) is 38.9 Å². The number of nitriles is 1. The number of ether oxygens (including phenoxy) is 1. The summed E-state index contributed by atoms with van der Waals surface area (Å²) in [6, 6.07) is 7.56. The fourth-order valence-electron chi connectivity index (χ4n) is 2.85. The summed E-state index contributed by atoms with van der Waals surface area (Å²) in [4.78, 5) is 2.21. The van der Waals surface area contributed by atoms with Crippen LogP contribution in [0.2, 0.25) is 0 Å². The minimum Gasteiger partial charge on any atom is -0.397 e. The number of nitrogen functional groups attached to an aromatic ring is 1. The smallest absolute Gasteiger partial charge is 0.0992 e. The first kappa shape index (κ1) is 13.7. The Balaban J connectivity index is 2.39. The van der Waals surface area contributed by atoms with Gasteiger partial charge < -0.3 is 15.4 Å². The molecule has 1 aromatic carbocycles. The average Bonchev–Trinajstić information content (AvgIpc) is 2.25. The van der Waals surface area contributed by atoms with Crippen LogP contribution in [0.1, 0.15) is 33.3 Å². The molecular weight excluding hydrogens is 238 g/mol. The van der Waals surface area contributed by atoms with Crippen LogP contribution in [0, 0.1) is 11.3 Å². The quantitative estimate of drug-likeness (QED) is 0.787. The summed E-state index contributed by atoms with van der Waals surface area (Å²) in [6.07, 6.45) is 0. The van der Waals surface area contributed by atoms with Crippen LogP contribution >= 0.6 is 0 Å². The van der Waals surface area contributed by atoms with Crippen molar-refractivity contribution in [1.29, 1.82) is 5.26 Å². The second-order valence-electron chi connectivity index (χ2n) is 6.36. The van der Waals surface area contributed by atoms with Gasteiger partial charge in [0, 0.05) is 13.1 Å². The lowest BCUT2D eigenvalue weighted by molar-refractivity contribution is -0.133. The highest BCUT2D eigenvalue weighted by atomic mass is 16.5. The van der Waals surface area contributed by atoms with E-state index in [2.05, 4.69) is 38.7 Å². The highest BCUT2D eigenvalue weighted by Gasteiger charge is 2.38. The number of morpholine rings is 1. The third-order valence-corrected chi connectivity index (χ3v) is 3.20. The van der Waals surface area contributed by atoms with Gasteiger partial charge in [0.15, 0.2) is 0 Å². The van der Waals surface area contributed by atoms with Crippen molar-refractivity contribution in [3.05, 3.63) is 23.8 Å². The fourth-order valence-corrected chi connectivity index (χ4v) is 2.85. The molecule has 19 heavy (non-hydrogen) atoms. The molecule has 0 bridgehead atoms. The Bertz CT molecular complexity index is 513. The Morgan fingerprint density at radius 1 is 1.21 bits per heavy atom. The van der Waals surface area contributed by atoms with Gasteiger partial charge in [-0.05, 0) is 45.9 Å². The van der Waals surface area contributed by atoms with Crippen molar-refractivity contribution in [3.63, 3.8) is 0 Å². The van der Waals surface area contributed by atoms with Crippen molar-refractivity contribution < 1.29 is 4.74 Å². The third kappa shape index (κ3) is 2.99. The van der Waals surface area contributed by atoms with E-state index in [1.54, 1.807) is 12.1 Å². The molecular formula is C15H21N3O. The van der Waals surface area contributed by atoms with E-state index in [0.717, 1.165) is 18.8 Å². The van der Waals surface area contributed by atoms with Gasteiger partial charge in [-0.2, -0.15) is 5.26 Å². The first-order valence-electron chi connectivity index (χ1n) is 6.47. The molecule has 0 spiro atoms. The van der Waals surface area contributed by atoms with E-state index in [9.17, 15) is 0 Å². The molecule has 4 heteroatoms. The predicted octanol–water partition coefficient (Wildman–Crippen LogP) is 2.53. The van der Waals surface area contributed by atoms with Crippen LogP contribution in [0.3, 0.4) is 0 Å². The second kappa shape index (κ2) is 4.43. The number of rotatable bonds is 1. The molecule has 1 heterocycles. The Morgan fingerprint density at radius 3 is 2.32 bits per heavy atom. The van der Waals surface area contributed by atoms with Crippen molar-refractivity contribution >= 4 is 11.4 Å². The van der Waals surface area contributed by atoms with Gasteiger partial charge in [0.1, 0.15) is 0 Å². The molecule has 1 saturated heterocycles. The number of nitrogens with two attached hydrogens (primary N) is 1. The van der Waals surface area contributed by atoms with E-state index >= 15 is 0 Å². The first-order valence-corrected chi connectivity index (χ1v) is 6.47. The van der Waals surface area contributed by atoms with Gasteiger partial charge in [0.25, 0.3) is 0 Å². The lowest BCUT2D eigenvalue weighted by Crippen LogP contribution is -2.57. The van der Waals surface area contributed by atoms with Crippen molar-refractivity contribution in [2.24, 2.45) is 0 Å². The highest BCUT2D eigenvalue weighted by Crippen LogP contribution is 2.34. The third-order valence-electron chi connectivity index (χ3n) is 3.20. The topological polar surface area (TPSA) is 62.3 Å². The normalized spacial score (nSPS) is 20.9. The molecule has 2 N–H and O–H groups in total. The second-order valence-corrected chi connectivity index (χ2v) is 6.36. The Kier molecular flexibility index (Phi) is 3.19. The molecule has 0 aromatic heterocycles. The Morgan fingerprint density at radius 2 is 1.79 bits per heavy atom. The van der Waals surface area contributed by atoms with Gasteiger partial charge >= 0.3 is 0 Å². The lowest BCUT2D eigenvalue weighted by atomic mass is 9.98. The lowest BCUT2D eigenvalue weighted by Gasteiger charge is -2.48. The zero-order chi connectivity index (χ0) is 14.3. The predicted molar refractivity (Wildman–Crippen MR) is 77.0 cm³/mol. The maximum atomic E-state index is 9.02. The molecule has 0 saturated carbocycles. The molecule has 0 unspecified atom stereocenters. The van der Waals surface area contributed by atoms with Gasteiger partial charge in [0.05, 0.1) is 34.2 Å². The summed E-state index contributed by atoms with van der Waals surface area (Å²) in [5.74, 6) is 0. The van der Waals surface area contributed by atoms with Gasteiger partial charge in [-0.15, -0.1) is 0 Å². The SMILES string of the molecule is CC1(C)CN(c2cc(C#N)ccc2N)CC(C)(C)O1. The number of nitrogens with zero attached hydrogens (tertiary/aromatic N) is 2. The molecule has 1 aliphatic heterocycles. The summed E-state index contributed by atoms with van der Waals surface area (Å²) in [6.45, 7) is 9.82. The Hall–Kier alpha value is -1.73. The Labute approximate surface area is 114 Å². The highest BCUT2D eigenvalue weighted by molar-refractivity contribution is 5.70. The monoisotopic (exact) mass is 259 g/mol. The van der Waals surface area contributed by atoms with Gasteiger partial charge in [-0.3, -0.25) is 0 Å². The van der Waals surface area contributed by atoms with Crippen molar-refractivity contribution in [1.82, 2.24) is 0 Å². The number of hydrogen-bond acceptors (Lipinski definition) is 4. The number of anilines is 2. The molecule has 0 atom stereocenters. The van der Waals surface area contributed by atoms with E-state index in [1.165, 1.54) is 0 Å². The van der Waals surface area contributed by atoms with E-state index < -0.39 is 0 Å². The number of hydrogen-bond donors (Lipinski definition) is 1. The summed E-state index contributed by atoms with van der Waals surface area (Å²) in [5, 5.41) is 9.02. The minimum atomic E-state index is -0.239. The molecule has 1 aliphatic rings. The van der Waals surface area contributed by atoms with Gasteiger partial charge in [-0.25, -0.2) is 0 Å². The largest absolute Gasteiger partial charge is 0.397 e. The standard InChI is InChI=1S/C15H21N3O/c1-14(2)9-18(10-15(3,4)19-14)13-7-11(8-16)5-6-12(13)17/h5-7H,9-10,17H2,1-4H3. The van der Waals surface area contributed by atoms with Crippen LogP contribution in [-0.2, 0) is 4.74 Å². The zero-order valence-electron chi connectivity index (χ0n) is 12.0. The first-order chi connectivity index (χ1) is 8.72. The van der Waals surface area contributed by atoms with E-state index in [-0.39, 0.29) is 11.2 Å². The van der Waals surface area contributed by atoms with Crippen LogP contribution < -0.4 is 10.6 Å². The van der Waals surface area contributed by atoms with Crippen LogP contribution in [0.15, 0.2) is 18.2 Å². The maximum absolute atomic E-state index is 9.02. The fraction of sp³-hybridized carbons (Fsp3) is 0.533. The maximum Gasteiger partial charge on any atom is 0.0992 e. The molecule has 1 fully saturated rings. The molecule has 0 radical (unpaired) electrons. The summed E-state index contributed by atoms with van der Waals surface area (Å²) < 4.78 is 6.06. The van der Waals surface area contributed by atoms with Crippen molar-refractivity contribution in [2.75, 3.05) is 23.7 Å². The summed E-state index contributed by atoms with van der Waals surface area (Å²) >= 11 is 0. The van der Waals surface area contributed by atoms with Gasteiger partial charge in [-0.1, -0.05) is 0 Å². The molecule has 0 amide bonds. The molecule has 2 rings (SSSR count). The van der Waals surface area contributed by atoms with E-state index in [1.807, 2.05) is 6.07 Å². The van der Waals surface area contributed by atoms with E-state index in [4.69, 9.17) is 15.7 Å². The molecule has 4 nitrogen and oxygen atoms in total. The van der Waals surface area contributed by atoms with Crippen LogP contribution in [0.5, 0.6) is 0 Å². The van der Waals surface area contributed by atoms with E-state index in [0.29, 0.717) is 11.3 Å². The van der Waals surface area contributed by atoms with Crippen molar-refractivity contribution in [3.8, 4) is 6.07 Å². The number of benzene rings is 1. The molecule has 0 aliphatic carbocycles.